The first-order valence-corrected chi connectivity index (χ1v) is 8.26. The Hall–Kier alpha value is -1.13. The van der Waals surface area contributed by atoms with Crippen molar-refractivity contribution in [2.75, 3.05) is 11.4 Å². The third-order valence-electron chi connectivity index (χ3n) is 3.63. The van der Waals surface area contributed by atoms with E-state index in [9.17, 15) is 0 Å². The fraction of sp³-hybridized carbons (Fsp3) is 0.467. The van der Waals surface area contributed by atoms with E-state index in [1.165, 1.54) is 17.7 Å². The van der Waals surface area contributed by atoms with Gasteiger partial charge in [0, 0.05) is 22.9 Å². The summed E-state index contributed by atoms with van der Waals surface area (Å²) < 4.78 is 0. The van der Waals surface area contributed by atoms with Crippen LogP contribution in [0.2, 0.25) is 5.15 Å². The average Bonchev–Trinajstić information content (AvgIpc) is 3.17. The van der Waals surface area contributed by atoms with Crippen LogP contribution in [0.4, 0.5) is 5.82 Å². The number of thiophene rings is 1. The molecule has 2 heterocycles. The van der Waals surface area contributed by atoms with E-state index in [0.29, 0.717) is 11.1 Å². The molecule has 0 atom stereocenters. The molecule has 1 fully saturated rings. The van der Waals surface area contributed by atoms with Gasteiger partial charge in [-0.15, -0.1) is 11.3 Å². The Balaban J connectivity index is 1.93. The minimum atomic E-state index is 0.521. The average molecular weight is 308 g/mol. The van der Waals surface area contributed by atoms with E-state index in [0.717, 1.165) is 30.3 Å². The highest BCUT2D eigenvalue weighted by Gasteiger charge is 2.28. The maximum Gasteiger partial charge on any atom is 0.137 e. The first kappa shape index (κ1) is 13.8. The summed E-state index contributed by atoms with van der Waals surface area (Å²) in [6, 6.07) is 4.25. The maximum absolute atomic E-state index is 6.30. The lowest BCUT2D eigenvalue weighted by Gasteiger charge is -2.24. The van der Waals surface area contributed by atoms with Crippen LogP contribution in [0.15, 0.2) is 17.5 Å². The van der Waals surface area contributed by atoms with Crippen LogP contribution >= 0.6 is 22.9 Å². The van der Waals surface area contributed by atoms with E-state index in [1.54, 1.807) is 11.3 Å². The molecule has 0 aliphatic heterocycles. The van der Waals surface area contributed by atoms with Gasteiger partial charge in [0.05, 0.1) is 6.54 Å². The maximum atomic E-state index is 6.30. The summed E-state index contributed by atoms with van der Waals surface area (Å²) in [5.74, 6) is 2.43. The normalized spacial score (nSPS) is 14.6. The van der Waals surface area contributed by atoms with Crippen molar-refractivity contribution in [1.82, 2.24) is 9.97 Å². The van der Waals surface area contributed by atoms with Gasteiger partial charge in [-0.25, -0.2) is 9.97 Å². The number of rotatable bonds is 5. The van der Waals surface area contributed by atoms with Crippen LogP contribution in [0.25, 0.3) is 0 Å². The molecule has 0 radical (unpaired) electrons. The second kappa shape index (κ2) is 5.70. The highest BCUT2D eigenvalue weighted by molar-refractivity contribution is 7.09. The lowest BCUT2D eigenvalue weighted by atomic mass is 10.2. The largest absolute Gasteiger partial charge is 0.351 e. The van der Waals surface area contributed by atoms with Crippen LogP contribution in [-0.2, 0) is 6.54 Å². The summed E-state index contributed by atoms with van der Waals surface area (Å²) in [7, 11) is 0. The molecule has 0 bridgehead atoms. The molecule has 20 heavy (non-hydrogen) atoms. The zero-order chi connectivity index (χ0) is 14.1. The quantitative estimate of drug-likeness (QED) is 0.766. The van der Waals surface area contributed by atoms with Crippen molar-refractivity contribution in [3.63, 3.8) is 0 Å². The fourth-order valence-corrected chi connectivity index (χ4v) is 3.14. The van der Waals surface area contributed by atoms with Crippen molar-refractivity contribution >= 4 is 28.8 Å². The summed E-state index contributed by atoms with van der Waals surface area (Å²) >= 11 is 8.07. The minimum absolute atomic E-state index is 0.521. The third-order valence-corrected chi connectivity index (χ3v) is 4.86. The van der Waals surface area contributed by atoms with Gasteiger partial charge in [0.25, 0.3) is 0 Å². The second-order valence-corrected chi connectivity index (χ2v) is 6.58. The smallest absolute Gasteiger partial charge is 0.137 e. The molecule has 0 saturated heterocycles. The van der Waals surface area contributed by atoms with E-state index in [2.05, 4.69) is 34.3 Å². The van der Waals surface area contributed by atoms with Crippen LogP contribution in [-0.4, -0.2) is 16.5 Å². The van der Waals surface area contributed by atoms with Crippen LogP contribution in [0, 0.1) is 6.92 Å². The molecule has 2 aromatic rings. The van der Waals surface area contributed by atoms with Gasteiger partial charge in [0.1, 0.15) is 16.8 Å². The number of halogens is 1. The van der Waals surface area contributed by atoms with Gasteiger partial charge < -0.3 is 4.90 Å². The van der Waals surface area contributed by atoms with Crippen molar-refractivity contribution in [1.29, 1.82) is 0 Å². The number of aromatic nitrogens is 2. The van der Waals surface area contributed by atoms with E-state index in [-0.39, 0.29) is 0 Å². The molecule has 1 aliphatic carbocycles. The lowest BCUT2D eigenvalue weighted by molar-refractivity contribution is 0.795. The number of hydrogen-bond donors (Lipinski definition) is 0. The molecule has 0 spiro atoms. The molecule has 106 valence electrons. The van der Waals surface area contributed by atoms with Crippen LogP contribution in [0.5, 0.6) is 0 Å². The molecule has 3 nitrogen and oxygen atoms in total. The van der Waals surface area contributed by atoms with E-state index in [1.807, 2.05) is 6.92 Å². The number of hydrogen-bond acceptors (Lipinski definition) is 4. The highest BCUT2D eigenvalue weighted by atomic mass is 35.5. The van der Waals surface area contributed by atoms with E-state index >= 15 is 0 Å². The molecule has 2 aromatic heterocycles. The fourth-order valence-electron chi connectivity index (χ4n) is 2.25. The molecule has 0 amide bonds. The van der Waals surface area contributed by atoms with Crippen LogP contribution in [0.3, 0.4) is 0 Å². The first-order chi connectivity index (χ1) is 9.69. The van der Waals surface area contributed by atoms with Gasteiger partial charge >= 0.3 is 0 Å². The molecule has 1 aliphatic rings. The van der Waals surface area contributed by atoms with Crippen molar-refractivity contribution in [3.8, 4) is 0 Å². The van der Waals surface area contributed by atoms with Gasteiger partial charge in [-0.2, -0.15) is 0 Å². The molecule has 0 unspecified atom stereocenters. The zero-order valence-electron chi connectivity index (χ0n) is 11.8. The van der Waals surface area contributed by atoms with Crippen molar-refractivity contribution < 1.29 is 0 Å². The Labute approximate surface area is 128 Å². The van der Waals surface area contributed by atoms with Gasteiger partial charge in [0.15, 0.2) is 0 Å². The number of nitrogens with zero attached hydrogens (tertiary/aromatic N) is 3. The molecule has 0 aromatic carbocycles. The third kappa shape index (κ3) is 2.81. The Morgan fingerprint density at radius 1 is 1.40 bits per heavy atom. The van der Waals surface area contributed by atoms with Gasteiger partial charge in [0.2, 0.25) is 0 Å². The topological polar surface area (TPSA) is 29.0 Å². The SMILES string of the molecule is CCN(Cc1cccs1)c1nc(C2CC2)nc(Cl)c1C. The zero-order valence-corrected chi connectivity index (χ0v) is 13.3. The lowest BCUT2D eigenvalue weighted by Crippen LogP contribution is -2.24. The van der Waals surface area contributed by atoms with Crippen molar-refractivity contribution in [2.24, 2.45) is 0 Å². The van der Waals surface area contributed by atoms with Gasteiger partial charge in [-0.3, -0.25) is 0 Å². The predicted octanol–water partition coefficient (Wildman–Crippen LogP) is 4.40. The highest BCUT2D eigenvalue weighted by Crippen LogP contribution is 2.40. The Bertz CT molecular complexity index is 593. The Morgan fingerprint density at radius 3 is 2.80 bits per heavy atom. The van der Waals surface area contributed by atoms with E-state index in [4.69, 9.17) is 16.6 Å². The number of anilines is 1. The first-order valence-electron chi connectivity index (χ1n) is 7.00. The molecule has 5 heteroatoms. The van der Waals surface area contributed by atoms with Crippen LogP contribution < -0.4 is 4.90 Å². The predicted molar refractivity (Wildman–Crippen MR) is 84.8 cm³/mol. The summed E-state index contributed by atoms with van der Waals surface area (Å²) in [4.78, 5) is 12.8. The van der Waals surface area contributed by atoms with Crippen molar-refractivity contribution in [2.45, 2.75) is 39.2 Å². The van der Waals surface area contributed by atoms with Crippen LogP contribution in [0.1, 0.15) is 41.9 Å². The summed E-state index contributed by atoms with van der Waals surface area (Å²) in [5, 5.41) is 2.71. The van der Waals surface area contributed by atoms with Gasteiger partial charge in [-0.1, -0.05) is 17.7 Å². The van der Waals surface area contributed by atoms with Gasteiger partial charge in [-0.05, 0) is 38.1 Å². The Morgan fingerprint density at radius 2 is 2.20 bits per heavy atom. The monoisotopic (exact) mass is 307 g/mol. The molecule has 0 N–H and O–H groups in total. The van der Waals surface area contributed by atoms with Crippen molar-refractivity contribution in [3.05, 3.63) is 38.9 Å². The molecule has 1 saturated carbocycles. The summed E-state index contributed by atoms with van der Waals surface area (Å²) in [6.45, 7) is 5.95. The Kier molecular flexibility index (Phi) is 3.94. The molecular weight excluding hydrogens is 290 g/mol. The second-order valence-electron chi connectivity index (χ2n) is 5.19. The molecular formula is C15H18ClN3S. The standard InChI is InChI=1S/C15H18ClN3S/c1-3-19(9-12-5-4-8-20-12)15-10(2)13(16)17-14(18-15)11-6-7-11/h4-5,8,11H,3,6-7,9H2,1-2H3. The summed E-state index contributed by atoms with van der Waals surface area (Å²) in [5.41, 5.74) is 0.981. The summed E-state index contributed by atoms with van der Waals surface area (Å²) in [6.07, 6.45) is 2.38. The van der Waals surface area contributed by atoms with E-state index < -0.39 is 0 Å². The molecule has 3 rings (SSSR count). The minimum Gasteiger partial charge on any atom is -0.351 e.